The monoisotopic (exact) mass is 585 g/mol. The van der Waals surface area contributed by atoms with Gasteiger partial charge in [0.2, 0.25) is 15.9 Å². The van der Waals surface area contributed by atoms with Gasteiger partial charge in [0.15, 0.2) is 0 Å². The first-order valence-corrected chi connectivity index (χ1v) is 14.1. The molecule has 1 heterocycles. The van der Waals surface area contributed by atoms with Crippen LogP contribution < -0.4 is 4.90 Å². The molecular formula is C25H23Cl4N3O3S. The number of hydrogen-bond donors (Lipinski definition) is 0. The Morgan fingerprint density at radius 2 is 1.44 bits per heavy atom. The number of sulfonamides is 1. The van der Waals surface area contributed by atoms with E-state index in [1.165, 1.54) is 24.3 Å². The SMILES string of the molecule is O=C(CN(Cc1ccc(Cl)cc1Cl)S(=O)(=O)c1ccc(Cl)cc1)N1CCN(c2cccc(Cl)c2)CC1. The molecule has 1 amide bonds. The van der Waals surface area contributed by atoms with E-state index >= 15 is 0 Å². The summed E-state index contributed by atoms with van der Waals surface area (Å²) in [6.07, 6.45) is 0. The Morgan fingerprint density at radius 3 is 2.08 bits per heavy atom. The van der Waals surface area contributed by atoms with Gasteiger partial charge in [-0.2, -0.15) is 4.31 Å². The molecule has 4 rings (SSSR count). The van der Waals surface area contributed by atoms with Crippen LogP contribution in [-0.2, 0) is 21.4 Å². The first kappa shape index (κ1) is 27.0. The van der Waals surface area contributed by atoms with E-state index in [1.807, 2.05) is 24.3 Å². The molecule has 1 fully saturated rings. The number of carbonyl (C=O) groups is 1. The molecule has 0 spiro atoms. The Hall–Kier alpha value is -2.00. The number of carbonyl (C=O) groups excluding carboxylic acids is 1. The van der Waals surface area contributed by atoms with Crippen molar-refractivity contribution in [2.75, 3.05) is 37.6 Å². The number of anilines is 1. The molecule has 3 aromatic carbocycles. The van der Waals surface area contributed by atoms with Crippen LogP contribution in [0.3, 0.4) is 0 Å². The molecule has 0 saturated carbocycles. The van der Waals surface area contributed by atoms with E-state index in [-0.39, 0.29) is 23.9 Å². The maximum absolute atomic E-state index is 13.5. The average Bonchev–Trinajstić information content (AvgIpc) is 2.85. The van der Waals surface area contributed by atoms with Gasteiger partial charge in [0.05, 0.1) is 11.4 Å². The van der Waals surface area contributed by atoms with Gasteiger partial charge >= 0.3 is 0 Å². The molecule has 0 radical (unpaired) electrons. The van der Waals surface area contributed by atoms with Gasteiger partial charge in [-0.25, -0.2) is 8.42 Å². The predicted octanol–water partition coefficient (Wildman–Crippen LogP) is 5.84. The van der Waals surface area contributed by atoms with Crippen molar-refractivity contribution < 1.29 is 13.2 Å². The van der Waals surface area contributed by atoms with Gasteiger partial charge < -0.3 is 9.80 Å². The van der Waals surface area contributed by atoms with Gasteiger partial charge in [-0.05, 0) is 60.2 Å². The summed E-state index contributed by atoms with van der Waals surface area (Å²) in [7, 11) is -4.02. The zero-order valence-corrected chi connectivity index (χ0v) is 22.9. The second-order valence-electron chi connectivity index (χ2n) is 8.31. The lowest BCUT2D eigenvalue weighted by Crippen LogP contribution is -2.51. The molecule has 0 aliphatic carbocycles. The van der Waals surface area contributed by atoms with Gasteiger partial charge in [0.25, 0.3) is 0 Å². The number of hydrogen-bond acceptors (Lipinski definition) is 4. The van der Waals surface area contributed by atoms with E-state index in [2.05, 4.69) is 4.90 Å². The Bertz CT molecular complexity index is 1340. The maximum Gasteiger partial charge on any atom is 0.243 e. The number of benzene rings is 3. The molecular weight excluding hydrogens is 564 g/mol. The fourth-order valence-corrected chi connectivity index (χ4v) is 6.11. The number of piperazine rings is 1. The number of halogens is 4. The van der Waals surface area contributed by atoms with Crippen molar-refractivity contribution in [2.24, 2.45) is 0 Å². The van der Waals surface area contributed by atoms with Crippen LogP contribution in [0.4, 0.5) is 5.69 Å². The van der Waals surface area contributed by atoms with Crippen LogP contribution >= 0.6 is 46.4 Å². The molecule has 1 aliphatic heterocycles. The van der Waals surface area contributed by atoms with Crippen LogP contribution in [-0.4, -0.2) is 56.3 Å². The Morgan fingerprint density at radius 1 is 0.806 bits per heavy atom. The molecule has 0 atom stereocenters. The van der Waals surface area contributed by atoms with Gasteiger partial charge in [-0.1, -0.05) is 58.5 Å². The second-order valence-corrected chi connectivity index (χ2v) is 12.0. The van der Waals surface area contributed by atoms with Gasteiger partial charge in [-0.15, -0.1) is 0 Å². The van der Waals surface area contributed by atoms with E-state index < -0.39 is 10.0 Å². The summed E-state index contributed by atoms with van der Waals surface area (Å²) >= 11 is 24.4. The topological polar surface area (TPSA) is 60.9 Å². The summed E-state index contributed by atoms with van der Waals surface area (Å²) in [5.41, 5.74) is 1.52. The van der Waals surface area contributed by atoms with E-state index in [0.717, 1.165) is 9.99 Å². The first-order valence-electron chi connectivity index (χ1n) is 11.1. The highest BCUT2D eigenvalue weighted by Crippen LogP contribution is 2.26. The quantitative estimate of drug-likeness (QED) is 0.349. The molecule has 190 valence electrons. The zero-order valence-electron chi connectivity index (χ0n) is 19.1. The Balaban J connectivity index is 1.52. The zero-order chi connectivity index (χ0) is 25.9. The molecule has 0 aromatic heterocycles. The van der Waals surface area contributed by atoms with E-state index in [0.29, 0.717) is 51.8 Å². The number of nitrogens with zero attached hydrogens (tertiary/aromatic N) is 3. The fraction of sp³-hybridized carbons (Fsp3) is 0.240. The molecule has 3 aromatic rings. The lowest BCUT2D eigenvalue weighted by molar-refractivity contribution is -0.131. The first-order chi connectivity index (χ1) is 17.1. The summed E-state index contributed by atoms with van der Waals surface area (Å²) in [6, 6.07) is 18.2. The van der Waals surface area contributed by atoms with Crippen molar-refractivity contribution in [1.29, 1.82) is 0 Å². The summed E-state index contributed by atoms with van der Waals surface area (Å²) in [5, 5.41) is 1.82. The minimum absolute atomic E-state index is 0.0376. The minimum Gasteiger partial charge on any atom is -0.368 e. The summed E-state index contributed by atoms with van der Waals surface area (Å²) in [5.74, 6) is -0.289. The van der Waals surface area contributed by atoms with Crippen molar-refractivity contribution >= 4 is 68.0 Å². The highest BCUT2D eigenvalue weighted by Gasteiger charge is 2.30. The highest BCUT2D eigenvalue weighted by atomic mass is 35.5. The predicted molar refractivity (Wildman–Crippen MR) is 146 cm³/mol. The summed E-state index contributed by atoms with van der Waals surface area (Å²) in [4.78, 5) is 17.1. The molecule has 0 unspecified atom stereocenters. The van der Waals surface area contributed by atoms with E-state index in [4.69, 9.17) is 46.4 Å². The standard InChI is InChI=1S/C25H23Cl4N3O3S/c26-19-6-8-23(9-7-19)36(34,35)32(16-18-4-5-21(28)15-24(18)29)17-25(33)31-12-10-30(11-13-31)22-3-1-2-20(27)14-22/h1-9,14-15H,10-13,16-17H2. The van der Waals surface area contributed by atoms with Crippen LogP contribution in [0.5, 0.6) is 0 Å². The maximum atomic E-state index is 13.5. The second kappa shape index (κ2) is 11.6. The molecule has 36 heavy (non-hydrogen) atoms. The lowest BCUT2D eigenvalue weighted by atomic mass is 10.2. The van der Waals surface area contributed by atoms with Crippen molar-refractivity contribution in [2.45, 2.75) is 11.4 Å². The van der Waals surface area contributed by atoms with Crippen molar-refractivity contribution in [1.82, 2.24) is 9.21 Å². The average molecular weight is 587 g/mol. The number of rotatable bonds is 7. The minimum atomic E-state index is -4.02. The molecule has 1 saturated heterocycles. The Labute approximate surface area is 231 Å². The van der Waals surface area contributed by atoms with Gasteiger partial charge in [0.1, 0.15) is 0 Å². The van der Waals surface area contributed by atoms with Crippen LogP contribution in [0.2, 0.25) is 20.1 Å². The highest BCUT2D eigenvalue weighted by molar-refractivity contribution is 7.89. The van der Waals surface area contributed by atoms with Gasteiger partial charge in [-0.3, -0.25) is 4.79 Å². The van der Waals surface area contributed by atoms with E-state index in [9.17, 15) is 13.2 Å². The number of amides is 1. The van der Waals surface area contributed by atoms with Crippen LogP contribution in [0.15, 0.2) is 71.6 Å². The van der Waals surface area contributed by atoms with Crippen molar-refractivity contribution in [3.8, 4) is 0 Å². The van der Waals surface area contributed by atoms with Gasteiger partial charge in [0, 0.05) is 58.5 Å². The Kier molecular flexibility index (Phi) is 8.71. The summed E-state index contributed by atoms with van der Waals surface area (Å²) in [6.45, 7) is 1.72. The molecule has 0 bridgehead atoms. The van der Waals surface area contributed by atoms with Crippen LogP contribution in [0, 0.1) is 0 Å². The fourth-order valence-electron chi connectivity index (χ4n) is 3.96. The third-order valence-corrected chi connectivity index (χ3v) is 8.81. The van der Waals surface area contributed by atoms with E-state index in [1.54, 1.807) is 23.1 Å². The van der Waals surface area contributed by atoms with Crippen molar-refractivity contribution in [3.63, 3.8) is 0 Å². The molecule has 6 nitrogen and oxygen atoms in total. The normalized spacial score (nSPS) is 14.4. The molecule has 0 N–H and O–H groups in total. The largest absolute Gasteiger partial charge is 0.368 e. The third kappa shape index (κ3) is 6.46. The molecule has 11 heteroatoms. The van der Waals surface area contributed by atoms with Crippen LogP contribution in [0.25, 0.3) is 0 Å². The van der Waals surface area contributed by atoms with Crippen molar-refractivity contribution in [3.05, 3.63) is 92.4 Å². The third-order valence-electron chi connectivity index (χ3n) is 5.93. The van der Waals surface area contributed by atoms with Crippen LogP contribution in [0.1, 0.15) is 5.56 Å². The smallest absolute Gasteiger partial charge is 0.243 e. The lowest BCUT2D eigenvalue weighted by Gasteiger charge is -2.37. The summed E-state index contributed by atoms with van der Waals surface area (Å²) < 4.78 is 28.2. The molecule has 1 aliphatic rings.